The molecule has 0 bridgehead atoms. The third-order valence-electron chi connectivity index (χ3n) is 5.04. The highest BCUT2D eigenvalue weighted by Crippen LogP contribution is 2.26. The van der Waals surface area contributed by atoms with Crippen molar-refractivity contribution in [3.8, 4) is 16.9 Å². The molecule has 3 aromatic rings. The molecular weight excluding hydrogens is 373 g/mol. The van der Waals surface area contributed by atoms with Crippen molar-refractivity contribution in [3.05, 3.63) is 88.7 Å². The lowest BCUT2D eigenvalue weighted by Gasteiger charge is -2.11. The van der Waals surface area contributed by atoms with Crippen molar-refractivity contribution < 1.29 is 17.9 Å². The van der Waals surface area contributed by atoms with Crippen LogP contribution in [-0.4, -0.2) is 0 Å². The molecule has 0 radical (unpaired) electrons. The van der Waals surface area contributed by atoms with E-state index in [0.717, 1.165) is 41.5 Å². The van der Waals surface area contributed by atoms with Gasteiger partial charge in [-0.2, -0.15) is 4.39 Å². The largest absolute Gasteiger partial charge is 0.486 e. The van der Waals surface area contributed by atoms with Crippen molar-refractivity contribution in [1.29, 1.82) is 0 Å². The van der Waals surface area contributed by atoms with Gasteiger partial charge in [-0.15, -0.1) is 0 Å². The third-order valence-corrected chi connectivity index (χ3v) is 5.04. The van der Waals surface area contributed by atoms with Gasteiger partial charge in [0.1, 0.15) is 12.4 Å². The van der Waals surface area contributed by atoms with E-state index < -0.39 is 11.6 Å². The van der Waals surface area contributed by atoms with Gasteiger partial charge in [0.05, 0.1) is 0 Å². The van der Waals surface area contributed by atoms with Crippen LogP contribution < -0.4 is 4.74 Å². The maximum atomic E-state index is 14.3. The number of unbranched alkanes of at least 4 members (excludes halogenated alkanes) is 1. The molecule has 0 aliphatic carbocycles. The number of ether oxygens (including phenoxy) is 1. The van der Waals surface area contributed by atoms with E-state index >= 15 is 0 Å². The average Bonchev–Trinajstić information content (AvgIpc) is 2.74. The van der Waals surface area contributed by atoms with Crippen molar-refractivity contribution in [3.63, 3.8) is 0 Å². The molecule has 0 aliphatic rings. The van der Waals surface area contributed by atoms with E-state index in [1.54, 1.807) is 13.0 Å². The van der Waals surface area contributed by atoms with Gasteiger partial charge in [0.15, 0.2) is 11.6 Å². The van der Waals surface area contributed by atoms with Gasteiger partial charge in [-0.1, -0.05) is 62.7 Å². The van der Waals surface area contributed by atoms with Crippen molar-refractivity contribution in [2.45, 2.75) is 46.1 Å². The standard InChI is InChI=1S/C25H25F3O/c1-3-5-6-20-11-12-21(15-22(20)26)19-9-7-17(8-10-19)16-29-23-14-13-18(4-2)24(27)25(23)28/h7-15H,3-6,16H2,1-2H3. The normalized spacial score (nSPS) is 10.9. The molecule has 0 spiro atoms. The highest BCUT2D eigenvalue weighted by Gasteiger charge is 2.13. The van der Waals surface area contributed by atoms with Gasteiger partial charge < -0.3 is 4.74 Å². The van der Waals surface area contributed by atoms with Crippen LogP contribution in [0.3, 0.4) is 0 Å². The highest BCUT2D eigenvalue weighted by atomic mass is 19.2. The molecule has 0 unspecified atom stereocenters. The van der Waals surface area contributed by atoms with Gasteiger partial charge in [0.2, 0.25) is 5.82 Å². The molecule has 0 heterocycles. The number of aryl methyl sites for hydroxylation is 2. The van der Waals surface area contributed by atoms with E-state index in [9.17, 15) is 13.2 Å². The molecule has 152 valence electrons. The molecule has 0 amide bonds. The van der Waals surface area contributed by atoms with Crippen LogP contribution in [0, 0.1) is 17.5 Å². The molecule has 0 aliphatic heterocycles. The fourth-order valence-electron chi connectivity index (χ4n) is 3.21. The zero-order valence-electron chi connectivity index (χ0n) is 16.8. The molecule has 3 rings (SSSR count). The lowest BCUT2D eigenvalue weighted by molar-refractivity contribution is 0.284. The Morgan fingerprint density at radius 2 is 1.45 bits per heavy atom. The van der Waals surface area contributed by atoms with Crippen molar-refractivity contribution in [2.75, 3.05) is 0 Å². The predicted molar refractivity (Wildman–Crippen MR) is 111 cm³/mol. The lowest BCUT2D eigenvalue weighted by Crippen LogP contribution is -2.01. The van der Waals surface area contributed by atoms with Crippen LogP contribution in [0.2, 0.25) is 0 Å². The summed E-state index contributed by atoms with van der Waals surface area (Å²) in [6, 6.07) is 15.7. The molecule has 0 N–H and O–H groups in total. The number of halogens is 3. The van der Waals surface area contributed by atoms with Crippen LogP contribution in [0.1, 0.15) is 43.4 Å². The van der Waals surface area contributed by atoms with Crippen LogP contribution in [0.25, 0.3) is 11.1 Å². The fraction of sp³-hybridized carbons (Fsp3) is 0.280. The summed E-state index contributed by atoms with van der Waals surface area (Å²) in [5.74, 6) is -2.10. The molecule has 0 atom stereocenters. The molecule has 0 aromatic heterocycles. The number of rotatable bonds is 8. The Hall–Kier alpha value is -2.75. The van der Waals surface area contributed by atoms with E-state index in [2.05, 4.69) is 6.92 Å². The van der Waals surface area contributed by atoms with Crippen LogP contribution in [0.4, 0.5) is 13.2 Å². The molecule has 1 nitrogen and oxygen atoms in total. The quantitative estimate of drug-likeness (QED) is 0.388. The minimum Gasteiger partial charge on any atom is -0.486 e. The van der Waals surface area contributed by atoms with Gasteiger partial charge in [0, 0.05) is 0 Å². The Balaban J connectivity index is 1.68. The Labute approximate surface area is 170 Å². The van der Waals surface area contributed by atoms with Gasteiger partial charge >= 0.3 is 0 Å². The minimum atomic E-state index is -0.959. The first-order valence-electron chi connectivity index (χ1n) is 10.0. The second-order valence-electron chi connectivity index (χ2n) is 7.10. The summed E-state index contributed by atoms with van der Waals surface area (Å²) in [6.07, 6.45) is 3.17. The Bertz CT molecular complexity index is 965. The summed E-state index contributed by atoms with van der Waals surface area (Å²) in [7, 11) is 0. The van der Waals surface area contributed by atoms with Gasteiger partial charge in [0.25, 0.3) is 0 Å². The van der Waals surface area contributed by atoms with Gasteiger partial charge in [-0.3, -0.25) is 0 Å². The Kier molecular flexibility index (Phi) is 6.97. The third kappa shape index (κ3) is 5.00. The topological polar surface area (TPSA) is 9.23 Å². The fourth-order valence-corrected chi connectivity index (χ4v) is 3.21. The van der Waals surface area contributed by atoms with Gasteiger partial charge in [-0.05, 0) is 59.2 Å². The van der Waals surface area contributed by atoms with Crippen molar-refractivity contribution in [2.24, 2.45) is 0 Å². The average molecular weight is 398 g/mol. The maximum absolute atomic E-state index is 14.3. The zero-order chi connectivity index (χ0) is 20.8. The number of hydrogen-bond donors (Lipinski definition) is 0. The summed E-state index contributed by atoms with van der Waals surface area (Å²) >= 11 is 0. The monoisotopic (exact) mass is 398 g/mol. The van der Waals surface area contributed by atoms with E-state index in [1.807, 2.05) is 36.4 Å². The smallest absolute Gasteiger partial charge is 0.200 e. The SMILES string of the molecule is CCCCc1ccc(-c2ccc(COc3ccc(CC)c(F)c3F)cc2)cc1F. The highest BCUT2D eigenvalue weighted by molar-refractivity contribution is 5.64. The van der Waals surface area contributed by atoms with E-state index in [0.29, 0.717) is 12.0 Å². The molecule has 0 saturated carbocycles. The maximum Gasteiger partial charge on any atom is 0.200 e. The van der Waals surface area contributed by atoms with Crippen molar-refractivity contribution in [1.82, 2.24) is 0 Å². The summed E-state index contributed by atoms with van der Waals surface area (Å²) < 4.78 is 47.7. The minimum absolute atomic E-state index is 0.103. The molecule has 4 heteroatoms. The summed E-state index contributed by atoms with van der Waals surface area (Å²) in [5, 5.41) is 0. The molecular formula is C25H25F3O. The second kappa shape index (κ2) is 9.64. The van der Waals surface area contributed by atoms with E-state index in [4.69, 9.17) is 4.74 Å². The summed E-state index contributed by atoms with van der Waals surface area (Å²) in [6.45, 7) is 3.97. The summed E-state index contributed by atoms with van der Waals surface area (Å²) in [4.78, 5) is 0. The Morgan fingerprint density at radius 3 is 2.10 bits per heavy atom. The first kappa shape index (κ1) is 21.0. The number of benzene rings is 3. The van der Waals surface area contributed by atoms with Crippen LogP contribution in [-0.2, 0) is 19.4 Å². The van der Waals surface area contributed by atoms with Crippen LogP contribution in [0.5, 0.6) is 5.75 Å². The molecule has 0 saturated heterocycles. The second-order valence-corrected chi connectivity index (χ2v) is 7.10. The van der Waals surface area contributed by atoms with Crippen LogP contribution in [0.15, 0.2) is 54.6 Å². The molecule has 29 heavy (non-hydrogen) atoms. The predicted octanol–water partition coefficient (Wildman–Crippen LogP) is 7.25. The first-order valence-corrected chi connectivity index (χ1v) is 10.0. The molecule has 0 fully saturated rings. The molecule has 3 aromatic carbocycles. The first-order chi connectivity index (χ1) is 14.0. The van der Waals surface area contributed by atoms with Crippen LogP contribution >= 0.6 is 0 Å². The summed E-state index contributed by atoms with van der Waals surface area (Å²) in [5.41, 5.74) is 3.57. The van der Waals surface area contributed by atoms with Crippen molar-refractivity contribution >= 4 is 0 Å². The van der Waals surface area contributed by atoms with E-state index in [1.165, 1.54) is 12.1 Å². The zero-order valence-corrected chi connectivity index (χ0v) is 16.8. The lowest BCUT2D eigenvalue weighted by atomic mass is 10.0. The van der Waals surface area contributed by atoms with Gasteiger partial charge in [-0.25, -0.2) is 8.78 Å². The number of hydrogen-bond acceptors (Lipinski definition) is 1. The van der Waals surface area contributed by atoms with E-state index in [-0.39, 0.29) is 18.2 Å². The Morgan fingerprint density at radius 1 is 0.759 bits per heavy atom.